The van der Waals surface area contributed by atoms with Crippen LogP contribution in [0.2, 0.25) is 0 Å². The quantitative estimate of drug-likeness (QED) is 0.345. The van der Waals surface area contributed by atoms with Crippen LogP contribution in [0, 0.1) is 0 Å². The van der Waals surface area contributed by atoms with Crippen LogP contribution < -0.4 is 10.6 Å². The lowest BCUT2D eigenvalue weighted by atomic mass is 10.00. The molecular formula is C19H25IN6. The molecule has 1 aromatic heterocycles. The first-order valence-electron chi connectivity index (χ1n) is 8.54. The molecule has 0 saturated heterocycles. The van der Waals surface area contributed by atoms with Gasteiger partial charge in [0, 0.05) is 13.6 Å². The third kappa shape index (κ3) is 4.72. The topological polar surface area (TPSA) is 67.1 Å². The fraction of sp³-hybridized carbons (Fsp3) is 0.316. The third-order valence-corrected chi connectivity index (χ3v) is 4.17. The summed E-state index contributed by atoms with van der Waals surface area (Å²) in [5, 5.41) is 13.4. The fourth-order valence-electron chi connectivity index (χ4n) is 2.84. The number of halogens is 1. The van der Waals surface area contributed by atoms with E-state index in [9.17, 15) is 0 Å². The summed E-state index contributed by atoms with van der Waals surface area (Å²) >= 11 is 0. The molecule has 2 N–H and O–H groups in total. The molecular weight excluding hydrogens is 439 g/mol. The van der Waals surface area contributed by atoms with E-state index in [0.29, 0.717) is 6.54 Å². The average molecular weight is 464 g/mol. The molecule has 138 valence electrons. The van der Waals surface area contributed by atoms with Gasteiger partial charge in [-0.25, -0.2) is 9.98 Å². The van der Waals surface area contributed by atoms with Gasteiger partial charge in [-0.15, -0.1) is 24.0 Å². The second-order valence-corrected chi connectivity index (χ2v) is 5.93. The van der Waals surface area contributed by atoms with Gasteiger partial charge in [0.2, 0.25) is 0 Å². The van der Waals surface area contributed by atoms with E-state index < -0.39 is 0 Å². The molecule has 0 bridgehead atoms. The maximum Gasteiger partial charge on any atom is 0.192 e. The molecule has 3 rings (SSSR count). The number of rotatable bonds is 5. The highest BCUT2D eigenvalue weighted by atomic mass is 127. The predicted octanol–water partition coefficient (Wildman–Crippen LogP) is 3.40. The molecule has 1 heterocycles. The predicted molar refractivity (Wildman–Crippen MR) is 117 cm³/mol. The zero-order chi connectivity index (χ0) is 17.6. The summed E-state index contributed by atoms with van der Waals surface area (Å²) in [7, 11) is 1.87. The monoisotopic (exact) mass is 464 g/mol. The molecule has 3 aromatic rings. The normalized spacial score (nSPS) is 12.5. The van der Waals surface area contributed by atoms with Gasteiger partial charge >= 0.3 is 0 Å². The number of guanidine groups is 1. The zero-order valence-corrected chi connectivity index (χ0v) is 17.6. The van der Waals surface area contributed by atoms with E-state index in [4.69, 9.17) is 0 Å². The molecule has 0 aliphatic rings. The summed E-state index contributed by atoms with van der Waals surface area (Å²) in [4.78, 5) is 8.85. The lowest BCUT2D eigenvalue weighted by Crippen LogP contribution is -2.38. The lowest BCUT2D eigenvalue weighted by molar-refractivity contribution is 0.675. The standard InChI is InChI=1S/C19H24N6.HI/c1-4-20-19(21-12-18-22-13-23-25(18)3)24-14(2)16-11-7-9-15-8-5-6-10-17(15)16;/h5-11,13-14H,4,12H2,1-3H3,(H2,20,21,24);1H. The van der Waals surface area contributed by atoms with Crippen LogP contribution in [0.25, 0.3) is 10.8 Å². The van der Waals surface area contributed by atoms with Crippen molar-refractivity contribution in [2.75, 3.05) is 6.54 Å². The Balaban J connectivity index is 0.00000243. The number of aliphatic imine (C=N–C) groups is 1. The summed E-state index contributed by atoms with van der Waals surface area (Å²) in [6.07, 6.45) is 1.55. The SMILES string of the molecule is CCNC(=NCc1ncnn1C)NC(C)c1cccc2ccccc12.I. The molecule has 0 aliphatic carbocycles. The van der Waals surface area contributed by atoms with Gasteiger partial charge in [-0.05, 0) is 30.2 Å². The summed E-state index contributed by atoms with van der Waals surface area (Å²) < 4.78 is 1.74. The van der Waals surface area contributed by atoms with Crippen LogP contribution in [-0.4, -0.2) is 27.3 Å². The lowest BCUT2D eigenvalue weighted by Gasteiger charge is -2.19. The van der Waals surface area contributed by atoms with E-state index >= 15 is 0 Å². The summed E-state index contributed by atoms with van der Waals surface area (Å²) in [6, 6.07) is 15.0. The minimum Gasteiger partial charge on any atom is -0.357 e. The van der Waals surface area contributed by atoms with Gasteiger partial charge in [0.05, 0.1) is 6.04 Å². The van der Waals surface area contributed by atoms with Crippen molar-refractivity contribution in [3.8, 4) is 0 Å². The number of hydrogen-bond acceptors (Lipinski definition) is 3. The first-order valence-corrected chi connectivity index (χ1v) is 8.54. The molecule has 1 atom stereocenters. The molecule has 7 heteroatoms. The van der Waals surface area contributed by atoms with Gasteiger partial charge in [0.15, 0.2) is 5.96 Å². The van der Waals surface area contributed by atoms with E-state index in [1.165, 1.54) is 16.3 Å². The molecule has 1 unspecified atom stereocenters. The molecule has 0 spiro atoms. The van der Waals surface area contributed by atoms with Crippen LogP contribution in [0.15, 0.2) is 53.8 Å². The van der Waals surface area contributed by atoms with E-state index in [1.807, 2.05) is 7.05 Å². The van der Waals surface area contributed by atoms with Crippen molar-refractivity contribution in [2.24, 2.45) is 12.0 Å². The first-order chi connectivity index (χ1) is 12.2. The minimum absolute atomic E-state index is 0. The zero-order valence-electron chi connectivity index (χ0n) is 15.3. The van der Waals surface area contributed by atoms with Gasteiger partial charge in [0.1, 0.15) is 18.7 Å². The van der Waals surface area contributed by atoms with Gasteiger partial charge < -0.3 is 10.6 Å². The highest BCUT2D eigenvalue weighted by Crippen LogP contribution is 2.23. The Bertz CT molecular complexity index is 868. The van der Waals surface area contributed by atoms with Crippen molar-refractivity contribution in [3.63, 3.8) is 0 Å². The Morgan fingerprint density at radius 2 is 1.96 bits per heavy atom. The van der Waals surface area contributed by atoms with Crippen LogP contribution in [0.1, 0.15) is 31.3 Å². The first kappa shape index (κ1) is 20.2. The molecule has 0 fully saturated rings. The third-order valence-electron chi connectivity index (χ3n) is 4.17. The number of aromatic nitrogens is 3. The summed E-state index contributed by atoms with van der Waals surface area (Å²) in [5.74, 6) is 1.60. The van der Waals surface area contributed by atoms with Crippen LogP contribution in [0.5, 0.6) is 0 Å². The van der Waals surface area contributed by atoms with Crippen molar-refractivity contribution < 1.29 is 0 Å². The summed E-state index contributed by atoms with van der Waals surface area (Å²) in [5.41, 5.74) is 1.25. The summed E-state index contributed by atoms with van der Waals surface area (Å²) in [6.45, 7) is 5.49. The minimum atomic E-state index is 0. The smallest absolute Gasteiger partial charge is 0.192 e. The maximum atomic E-state index is 4.63. The van der Waals surface area contributed by atoms with Crippen LogP contribution in [0.3, 0.4) is 0 Å². The highest BCUT2D eigenvalue weighted by Gasteiger charge is 2.11. The second-order valence-electron chi connectivity index (χ2n) is 5.93. The van der Waals surface area contributed by atoms with Gasteiger partial charge in [-0.3, -0.25) is 4.68 Å². The molecule has 2 aromatic carbocycles. The van der Waals surface area contributed by atoms with Crippen molar-refractivity contribution in [1.82, 2.24) is 25.4 Å². The molecule has 0 aliphatic heterocycles. The number of fused-ring (bicyclic) bond motifs is 1. The molecule has 6 nitrogen and oxygen atoms in total. The molecule has 0 radical (unpaired) electrons. The van der Waals surface area contributed by atoms with E-state index in [2.05, 4.69) is 82.0 Å². The maximum absolute atomic E-state index is 4.63. The van der Waals surface area contributed by atoms with Crippen LogP contribution in [0.4, 0.5) is 0 Å². The van der Waals surface area contributed by atoms with Gasteiger partial charge in [-0.2, -0.15) is 5.10 Å². The Morgan fingerprint density at radius 3 is 2.69 bits per heavy atom. The Morgan fingerprint density at radius 1 is 1.19 bits per heavy atom. The molecule has 0 saturated carbocycles. The highest BCUT2D eigenvalue weighted by molar-refractivity contribution is 14.0. The largest absolute Gasteiger partial charge is 0.357 e. The van der Waals surface area contributed by atoms with Gasteiger partial charge in [-0.1, -0.05) is 42.5 Å². The number of hydrogen-bond donors (Lipinski definition) is 2. The van der Waals surface area contributed by atoms with E-state index in [1.54, 1.807) is 11.0 Å². The fourth-order valence-corrected chi connectivity index (χ4v) is 2.84. The number of nitrogens with one attached hydrogen (secondary N) is 2. The Kier molecular flexibility index (Phi) is 7.38. The van der Waals surface area contributed by atoms with E-state index in [0.717, 1.165) is 18.3 Å². The van der Waals surface area contributed by atoms with E-state index in [-0.39, 0.29) is 30.0 Å². The van der Waals surface area contributed by atoms with Crippen molar-refractivity contribution >= 4 is 40.7 Å². The van der Waals surface area contributed by atoms with Crippen molar-refractivity contribution in [2.45, 2.75) is 26.4 Å². The average Bonchev–Trinajstić information content (AvgIpc) is 3.04. The van der Waals surface area contributed by atoms with Crippen LogP contribution in [-0.2, 0) is 13.6 Å². The van der Waals surface area contributed by atoms with Crippen molar-refractivity contribution in [1.29, 1.82) is 0 Å². The second kappa shape index (κ2) is 9.51. The Labute approximate surface area is 171 Å². The number of nitrogens with zero attached hydrogens (tertiary/aromatic N) is 4. The van der Waals surface area contributed by atoms with Gasteiger partial charge in [0.25, 0.3) is 0 Å². The number of benzene rings is 2. The molecule has 0 amide bonds. The molecule has 26 heavy (non-hydrogen) atoms. The van der Waals surface area contributed by atoms with Crippen molar-refractivity contribution in [3.05, 3.63) is 60.2 Å². The van der Waals surface area contributed by atoms with Crippen LogP contribution >= 0.6 is 24.0 Å². The Hall–Kier alpha value is -2.16. The number of aryl methyl sites for hydroxylation is 1.